The number of nitrogen functional groups attached to an aromatic ring is 1. The van der Waals surface area contributed by atoms with Gasteiger partial charge < -0.3 is 5.73 Å². The highest BCUT2D eigenvalue weighted by molar-refractivity contribution is 7.99. The fourth-order valence-corrected chi connectivity index (χ4v) is 5.06. The summed E-state index contributed by atoms with van der Waals surface area (Å²) in [7, 11) is 0. The number of nitrogens with two attached hydrogens (primary N) is 1. The van der Waals surface area contributed by atoms with E-state index in [0.29, 0.717) is 11.2 Å². The Morgan fingerprint density at radius 3 is 2.76 bits per heavy atom. The number of aromatic nitrogens is 2. The molecule has 1 aliphatic carbocycles. The number of aryl methyl sites for hydroxylation is 1. The number of thiophene rings is 1. The molecule has 0 radical (unpaired) electrons. The predicted octanol–water partition coefficient (Wildman–Crippen LogP) is 4.54. The summed E-state index contributed by atoms with van der Waals surface area (Å²) in [5.41, 5.74) is 8.01. The lowest BCUT2D eigenvalue weighted by molar-refractivity contribution is 0.218. The molecule has 3 rings (SSSR count). The van der Waals surface area contributed by atoms with Crippen molar-refractivity contribution >= 4 is 39.1 Å². The van der Waals surface area contributed by atoms with Crippen LogP contribution in [0.1, 0.15) is 44.6 Å². The smallest absolute Gasteiger partial charge is 0.190 e. The summed E-state index contributed by atoms with van der Waals surface area (Å²) < 4.78 is 0. The van der Waals surface area contributed by atoms with Crippen LogP contribution in [0.2, 0.25) is 0 Å². The van der Waals surface area contributed by atoms with Gasteiger partial charge in [0.15, 0.2) is 5.16 Å². The third kappa shape index (κ3) is 2.78. The molecule has 5 heteroatoms. The van der Waals surface area contributed by atoms with Crippen molar-refractivity contribution in [3.05, 3.63) is 10.4 Å². The van der Waals surface area contributed by atoms with E-state index in [1.807, 2.05) is 11.3 Å². The zero-order valence-electron chi connectivity index (χ0n) is 13.2. The molecule has 0 amide bonds. The minimum atomic E-state index is 0.369. The zero-order chi connectivity index (χ0) is 15.2. The van der Waals surface area contributed by atoms with Crippen molar-refractivity contribution in [2.24, 2.45) is 11.3 Å². The van der Waals surface area contributed by atoms with Gasteiger partial charge in [0.05, 0.1) is 5.39 Å². The van der Waals surface area contributed by atoms with E-state index in [1.54, 1.807) is 11.8 Å². The lowest BCUT2D eigenvalue weighted by atomic mass is 9.72. The van der Waals surface area contributed by atoms with Gasteiger partial charge in [-0.15, -0.1) is 11.3 Å². The summed E-state index contributed by atoms with van der Waals surface area (Å²) in [6.07, 6.45) is 3.52. The molecule has 2 aromatic rings. The van der Waals surface area contributed by atoms with Crippen LogP contribution in [0.4, 0.5) is 5.82 Å². The van der Waals surface area contributed by atoms with Crippen LogP contribution < -0.4 is 5.73 Å². The number of anilines is 1. The summed E-state index contributed by atoms with van der Waals surface area (Å²) in [6.45, 7) is 9.15. The summed E-state index contributed by atoms with van der Waals surface area (Å²) in [4.78, 5) is 11.7. The van der Waals surface area contributed by atoms with Gasteiger partial charge in [-0.25, -0.2) is 9.97 Å². The van der Waals surface area contributed by atoms with E-state index in [1.165, 1.54) is 16.9 Å². The summed E-state index contributed by atoms with van der Waals surface area (Å²) in [5.74, 6) is 2.39. The van der Waals surface area contributed by atoms with Gasteiger partial charge in [-0.1, -0.05) is 39.5 Å². The van der Waals surface area contributed by atoms with Gasteiger partial charge in [0.1, 0.15) is 10.6 Å². The molecule has 0 saturated heterocycles. The Balaban J connectivity index is 2.04. The van der Waals surface area contributed by atoms with Crippen molar-refractivity contribution in [3.63, 3.8) is 0 Å². The second kappa shape index (κ2) is 5.43. The van der Waals surface area contributed by atoms with Gasteiger partial charge in [-0.05, 0) is 41.9 Å². The first kappa shape index (κ1) is 15.1. The van der Waals surface area contributed by atoms with E-state index in [2.05, 4.69) is 32.7 Å². The van der Waals surface area contributed by atoms with Crippen molar-refractivity contribution in [3.8, 4) is 0 Å². The number of rotatable bonds is 2. The largest absolute Gasteiger partial charge is 0.383 e. The van der Waals surface area contributed by atoms with E-state index >= 15 is 0 Å². The van der Waals surface area contributed by atoms with Crippen molar-refractivity contribution in [2.45, 2.75) is 52.1 Å². The first-order valence-corrected chi connectivity index (χ1v) is 9.41. The Labute approximate surface area is 134 Å². The highest BCUT2D eigenvalue weighted by Gasteiger charge is 2.31. The summed E-state index contributed by atoms with van der Waals surface area (Å²) in [5, 5.41) is 1.94. The van der Waals surface area contributed by atoms with Gasteiger partial charge in [0.25, 0.3) is 0 Å². The molecule has 2 heterocycles. The SMILES string of the molecule is CCSc1nc(N)c2c3c(sc2n1)CC(C(C)(C)C)CC3. The maximum atomic E-state index is 6.22. The molecule has 1 atom stereocenters. The fourth-order valence-electron chi connectivity index (χ4n) is 3.12. The third-order valence-electron chi connectivity index (χ3n) is 4.41. The lowest BCUT2D eigenvalue weighted by Crippen LogP contribution is -2.26. The zero-order valence-corrected chi connectivity index (χ0v) is 14.8. The maximum absolute atomic E-state index is 6.22. The highest BCUT2D eigenvalue weighted by atomic mass is 32.2. The Hall–Kier alpha value is -0.810. The molecular formula is C16H23N3S2. The van der Waals surface area contributed by atoms with Gasteiger partial charge in [-0.2, -0.15) is 0 Å². The van der Waals surface area contributed by atoms with Crippen LogP contribution in [0.15, 0.2) is 5.16 Å². The molecule has 2 aromatic heterocycles. The van der Waals surface area contributed by atoms with Gasteiger partial charge in [0, 0.05) is 4.88 Å². The van der Waals surface area contributed by atoms with Crippen LogP contribution in [0.25, 0.3) is 10.2 Å². The third-order valence-corrected chi connectivity index (χ3v) is 6.29. The molecule has 0 bridgehead atoms. The minimum absolute atomic E-state index is 0.369. The first-order chi connectivity index (χ1) is 9.90. The van der Waals surface area contributed by atoms with Crippen LogP contribution in [0, 0.1) is 11.3 Å². The number of fused-ring (bicyclic) bond motifs is 3. The average molecular weight is 322 g/mol. The molecule has 21 heavy (non-hydrogen) atoms. The Kier molecular flexibility index (Phi) is 3.91. The Morgan fingerprint density at radius 2 is 2.10 bits per heavy atom. The quantitative estimate of drug-likeness (QED) is 0.652. The summed E-state index contributed by atoms with van der Waals surface area (Å²) >= 11 is 3.49. The Bertz CT molecular complexity index is 670. The van der Waals surface area contributed by atoms with E-state index < -0.39 is 0 Å². The molecule has 2 N–H and O–H groups in total. The summed E-state index contributed by atoms with van der Waals surface area (Å²) in [6, 6.07) is 0. The fraction of sp³-hybridized carbons (Fsp3) is 0.625. The van der Waals surface area contributed by atoms with E-state index in [-0.39, 0.29) is 0 Å². The highest BCUT2D eigenvalue weighted by Crippen LogP contribution is 2.44. The molecule has 0 aliphatic heterocycles. The van der Waals surface area contributed by atoms with Crippen molar-refractivity contribution in [2.75, 3.05) is 11.5 Å². The second-order valence-electron chi connectivity index (χ2n) is 6.81. The van der Waals surface area contributed by atoms with Crippen molar-refractivity contribution < 1.29 is 0 Å². The van der Waals surface area contributed by atoms with Crippen LogP contribution >= 0.6 is 23.1 Å². The van der Waals surface area contributed by atoms with Gasteiger partial charge >= 0.3 is 0 Å². The molecule has 0 spiro atoms. The molecule has 0 saturated carbocycles. The molecule has 3 nitrogen and oxygen atoms in total. The Morgan fingerprint density at radius 1 is 1.33 bits per heavy atom. The number of hydrogen-bond donors (Lipinski definition) is 1. The van der Waals surface area contributed by atoms with Crippen LogP contribution in [0.3, 0.4) is 0 Å². The maximum Gasteiger partial charge on any atom is 0.190 e. The normalized spacial score (nSPS) is 19.0. The number of nitrogens with zero attached hydrogens (tertiary/aromatic N) is 2. The molecule has 1 aliphatic rings. The van der Waals surface area contributed by atoms with Gasteiger partial charge in [0.2, 0.25) is 0 Å². The molecule has 1 unspecified atom stereocenters. The van der Waals surface area contributed by atoms with Crippen LogP contribution in [-0.2, 0) is 12.8 Å². The van der Waals surface area contributed by atoms with E-state index in [0.717, 1.165) is 39.9 Å². The average Bonchev–Trinajstić information content (AvgIpc) is 2.75. The standard InChI is InChI=1S/C16H23N3S2/c1-5-20-15-18-13(17)12-10-7-6-9(16(2,3)4)8-11(10)21-14(12)19-15/h9H,5-8H2,1-4H3,(H2,17,18,19). The predicted molar refractivity (Wildman–Crippen MR) is 93.2 cm³/mol. The van der Waals surface area contributed by atoms with Crippen molar-refractivity contribution in [1.29, 1.82) is 0 Å². The number of thioether (sulfide) groups is 1. The van der Waals surface area contributed by atoms with E-state index in [4.69, 9.17) is 10.7 Å². The first-order valence-electron chi connectivity index (χ1n) is 7.60. The molecule has 0 fully saturated rings. The monoisotopic (exact) mass is 321 g/mol. The lowest BCUT2D eigenvalue weighted by Gasteiger charge is -2.33. The van der Waals surface area contributed by atoms with Crippen molar-refractivity contribution in [1.82, 2.24) is 9.97 Å². The van der Waals surface area contributed by atoms with Gasteiger partial charge in [-0.3, -0.25) is 0 Å². The minimum Gasteiger partial charge on any atom is -0.383 e. The van der Waals surface area contributed by atoms with E-state index in [9.17, 15) is 0 Å². The second-order valence-corrected chi connectivity index (χ2v) is 9.13. The molecule has 114 valence electrons. The molecular weight excluding hydrogens is 298 g/mol. The molecule has 0 aromatic carbocycles. The number of hydrogen-bond acceptors (Lipinski definition) is 5. The van der Waals surface area contributed by atoms with Crippen LogP contribution in [-0.4, -0.2) is 15.7 Å². The van der Waals surface area contributed by atoms with Crippen LogP contribution in [0.5, 0.6) is 0 Å². The topological polar surface area (TPSA) is 51.8 Å².